The van der Waals surface area contributed by atoms with Crippen LogP contribution >= 0.6 is 0 Å². The Morgan fingerprint density at radius 1 is 0.774 bits per heavy atom. The first-order chi connectivity index (χ1) is 15.2. The van der Waals surface area contributed by atoms with Crippen LogP contribution in [0.2, 0.25) is 0 Å². The molecule has 0 aliphatic rings. The Morgan fingerprint density at radius 2 is 1.26 bits per heavy atom. The van der Waals surface area contributed by atoms with Gasteiger partial charge in [0.1, 0.15) is 0 Å². The Bertz CT molecular complexity index is 574. The zero-order valence-corrected chi connectivity index (χ0v) is 20.2. The highest BCUT2D eigenvalue weighted by Gasteiger charge is 2.09. The monoisotopic (exact) mass is 433 g/mol. The van der Waals surface area contributed by atoms with E-state index in [4.69, 9.17) is 4.84 Å². The third kappa shape index (κ3) is 14.2. The molecule has 1 rings (SSSR count). The number of aromatic carboxylic acids is 1. The van der Waals surface area contributed by atoms with Crippen molar-refractivity contribution in [2.75, 3.05) is 12.1 Å². The first-order valence-corrected chi connectivity index (χ1v) is 12.9. The smallest absolute Gasteiger partial charge is 0.335 e. The Labute approximate surface area is 191 Å². The van der Waals surface area contributed by atoms with Crippen LogP contribution < -0.4 is 5.48 Å². The fraction of sp³-hybridized carbons (Fsp3) is 0.741. The molecule has 4 nitrogen and oxygen atoms in total. The van der Waals surface area contributed by atoms with Crippen molar-refractivity contribution in [2.45, 2.75) is 123 Å². The molecule has 1 aromatic rings. The summed E-state index contributed by atoms with van der Waals surface area (Å²) >= 11 is 0. The highest BCUT2D eigenvalue weighted by Crippen LogP contribution is 2.17. The summed E-state index contributed by atoms with van der Waals surface area (Å²) in [5.41, 5.74) is 4.95. The van der Waals surface area contributed by atoms with Gasteiger partial charge in [0.25, 0.3) is 0 Å². The van der Waals surface area contributed by atoms with Gasteiger partial charge in [0.15, 0.2) is 0 Å². The lowest BCUT2D eigenvalue weighted by molar-refractivity contribution is 0.0695. The largest absolute Gasteiger partial charge is 0.478 e. The molecule has 0 fully saturated rings. The molecule has 0 saturated heterocycles. The van der Waals surface area contributed by atoms with Gasteiger partial charge in [0.05, 0.1) is 17.9 Å². The lowest BCUT2D eigenvalue weighted by Crippen LogP contribution is -2.06. The first kappa shape index (κ1) is 27.5. The van der Waals surface area contributed by atoms with Gasteiger partial charge < -0.3 is 5.11 Å². The van der Waals surface area contributed by atoms with Crippen LogP contribution in [0.3, 0.4) is 0 Å². The molecule has 0 bridgehead atoms. The minimum Gasteiger partial charge on any atom is -0.478 e. The number of anilines is 1. The van der Waals surface area contributed by atoms with Crippen molar-refractivity contribution < 1.29 is 14.7 Å². The number of benzene rings is 1. The van der Waals surface area contributed by atoms with Gasteiger partial charge in [-0.1, -0.05) is 110 Å². The second kappa shape index (κ2) is 19.2. The van der Waals surface area contributed by atoms with E-state index in [9.17, 15) is 9.90 Å². The van der Waals surface area contributed by atoms with Gasteiger partial charge in [-0.3, -0.25) is 10.3 Å². The summed E-state index contributed by atoms with van der Waals surface area (Å²) in [7, 11) is 0. The maximum Gasteiger partial charge on any atom is 0.335 e. The van der Waals surface area contributed by atoms with Gasteiger partial charge in [0, 0.05) is 0 Å². The fourth-order valence-corrected chi connectivity index (χ4v) is 4.02. The van der Waals surface area contributed by atoms with Gasteiger partial charge in [-0.15, -0.1) is 0 Å². The number of carboxylic acid groups (broad SMARTS) is 1. The molecule has 0 aliphatic heterocycles. The molecule has 31 heavy (non-hydrogen) atoms. The molecular formula is C27H47NO3. The highest BCUT2D eigenvalue weighted by molar-refractivity contribution is 5.90. The SMILES string of the molecule is CCCCCCCCCCCCCCCCCCONc1ccc(C(=O)O)c(CC)c1. The first-order valence-electron chi connectivity index (χ1n) is 12.9. The Hall–Kier alpha value is -1.55. The van der Waals surface area contributed by atoms with Crippen molar-refractivity contribution in [3.63, 3.8) is 0 Å². The summed E-state index contributed by atoms with van der Waals surface area (Å²) in [6, 6.07) is 5.26. The Morgan fingerprint density at radius 3 is 1.71 bits per heavy atom. The second-order valence-corrected chi connectivity index (χ2v) is 8.78. The number of carbonyl (C=O) groups is 1. The minimum absolute atomic E-state index is 0.367. The van der Waals surface area contributed by atoms with E-state index >= 15 is 0 Å². The van der Waals surface area contributed by atoms with Crippen LogP contribution in [0.4, 0.5) is 5.69 Å². The number of rotatable bonds is 21. The van der Waals surface area contributed by atoms with Crippen molar-refractivity contribution >= 4 is 11.7 Å². The third-order valence-corrected chi connectivity index (χ3v) is 6.01. The van der Waals surface area contributed by atoms with E-state index in [2.05, 4.69) is 12.4 Å². The molecule has 0 atom stereocenters. The van der Waals surface area contributed by atoms with Crippen molar-refractivity contribution in [1.29, 1.82) is 0 Å². The average molecular weight is 434 g/mol. The zero-order chi connectivity index (χ0) is 22.6. The Balaban J connectivity index is 1.87. The highest BCUT2D eigenvalue weighted by atomic mass is 16.6. The van der Waals surface area contributed by atoms with Crippen molar-refractivity contribution in [3.8, 4) is 0 Å². The average Bonchev–Trinajstić information content (AvgIpc) is 2.78. The van der Waals surface area contributed by atoms with Gasteiger partial charge in [0.2, 0.25) is 0 Å². The van der Waals surface area contributed by atoms with Gasteiger partial charge in [-0.25, -0.2) is 4.79 Å². The van der Waals surface area contributed by atoms with E-state index < -0.39 is 5.97 Å². The molecule has 178 valence electrons. The van der Waals surface area contributed by atoms with Gasteiger partial charge in [-0.2, -0.15) is 0 Å². The van der Waals surface area contributed by atoms with Crippen molar-refractivity contribution in [3.05, 3.63) is 29.3 Å². The van der Waals surface area contributed by atoms with Crippen LogP contribution in [0, 0.1) is 0 Å². The van der Waals surface area contributed by atoms with E-state index in [1.807, 2.05) is 13.0 Å². The summed E-state index contributed by atoms with van der Waals surface area (Å²) in [6.07, 6.45) is 22.5. The standard InChI is InChI=1S/C27H47NO3/c1-3-5-6-7-8-9-10-11-12-13-14-15-16-17-18-19-22-31-28-25-20-21-26(27(29)30)24(4-2)23-25/h20-21,23,28H,3-19,22H2,1-2H3,(H,29,30). The predicted molar refractivity (Wildman–Crippen MR) is 132 cm³/mol. The fourth-order valence-electron chi connectivity index (χ4n) is 4.02. The quantitative estimate of drug-likeness (QED) is 0.151. The molecule has 4 heteroatoms. The van der Waals surface area contributed by atoms with E-state index in [1.54, 1.807) is 12.1 Å². The normalized spacial score (nSPS) is 11.0. The van der Waals surface area contributed by atoms with E-state index in [1.165, 1.54) is 96.3 Å². The molecule has 0 radical (unpaired) electrons. The molecule has 0 unspecified atom stereocenters. The van der Waals surface area contributed by atoms with Crippen LogP contribution in [0.25, 0.3) is 0 Å². The van der Waals surface area contributed by atoms with Crippen LogP contribution in [-0.4, -0.2) is 17.7 Å². The van der Waals surface area contributed by atoms with Crippen LogP contribution in [0.5, 0.6) is 0 Å². The second-order valence-electron chi connectivity index (χ2n) is 8.78. The maximum absolute atomic E-state index is 11.2. The molecule has 0 amide bonds. The predicted octanol–water partition coefficient (Wildman–Crippen LogP) is 8.55. The molecular weight excluding hydrogens is 386 g/mol. The Kier molecular flexibility index (Phi) is 17.0. The molecule has 0 saturated carbocycles. The van der Waals surface area contributed by atoms with Gasteiger partial charge in [-0.05, 0) is 36.6 Å². The molecule has 0 aromatic heterocycles. The number of hydrogen-bond acceptors (Lipinski definition) is 3. The molecule has 0 aliphatic carbocycles. The molecule has 1 aromatic carbocycles. The zero-order valence-electron chi connectivity index (χ0n) is 20.2. The number of hydrogen-bond donors (Lipinski definition) is 2. The summed E-state index contributed by atoms with van der Waals surface area (Å²) in [5, 5.41) is 9.17. The summed E-state index contributed by atoms with van der Waals surface area (Å²) in [5.74, 6) is -0.877. The topological polar surface area (TPSA) is 58.6 Å². The molecule has 0 heterocycles. The summed E-state index contributed by atoms with van der Waals surface area (Å²) in [4.78, 5) is 16.7. The summed E-state index contributed by atoms with van der Waals surface area (Å²) < 4.78 is 0. The van der Waals surface area contributed by atoms with E-state index in [0.29, 0.717) is 18.6 Å². The third-order valence-electron chi connectivity index (χ3n) is 6.01. The van der Waals surface area contributed by atoms with Crippen LogP contribution in [0.15, 0.2) is 18.2 Å². The maximum atomic E-state index is 11.2. The van der Waals surface area contributed by atoms with Crippen LogP contribution in [-0.2, 0) is 11.3 Å². The van der Waals surface area contributed by atoms with Crippen molar-refractivity contribution in [1.82, 2.24) is 0 Å². The summed E-state index contributed by atoms with van der Waals surface area (Å²) in [6.45, 7) is 4.92. The van der Waals surface area contributed by atoms with E-state index in [0.717, 1.165) is 17.7 Å². The minimum atomic E-state index is -0.877. The van der Waals surface area contributed by atoms with Crippen molar-refractivity contribution in [2.24, 2.45) is 0 Å². The van der Waals surface area contributed by atoms with Crippen LogP contribution in [0.1, 0.15) is 133 Å². The number of carboxylic acids is 1. The van der Waals surface area contributed by atoms with Gasteiger partial charge >= 0.3 is 5.97 Å². The number of unbranched alkanes of at least 4 members (excludes halogenated alkanes) is 15. The number of aryl methyl sites for hydroxylation is 1. The number of nitrogens with one attached hydrogen (secondary N) is 1. The molecule has 2 N–H and O–H groups in total. The molecule has 0 spiro atoms. The van der Waals surface area contributed by atoms with E-state index in [-0.39, 0.29) is 0 Å². The lowest BCUT2D eigenvalue weighted by Gasteiger charge is -2.10. The lowest BCUT2D eigenvalue weighted by atomic mass is 10.0.